The quantitative estimate of drug-likeness (QED) is 0.606. The molecule has 0 aromatic heterocycles. The van der Waals surface area contributed by atoms with E-state index in [0.717, 1.165) is 48.7 Å². The SMILES string of the molecule is COc1ccc2c(c1)C[C@H]1c3cc(OCc4ccccc4)c(OC)cc3CCN1C2. The summed E-state index contributed by atoms with van der Waals surface area (Å²) in [6.45, 7) is 2.58. The van der Waals surface area contributed by atoms with E-state index in [1.54, 1.807) is 14.2 Å². The van der Waals surface area contributed by atoms with Crippen LogP contribution in [0.3, 0.4) is 0 Å². The molecule has 154 valence electrons. The van der Waals surface area contributed by atoms with Gasteiger partial charge in [0.1, 0.15) is 12.4 Å². The van der Waals surface area contributed by atoms with E-state index < -0.39 is 0 Å². The number of fused-ring (bicyclic) bond motifs is 4. The molecule has 0 aliphatic carbocycles. The lowest BCUT2D eigenvalue weighted by atomic mass is 9.84. The highest BCUT2D eigenvalue weighted by Crippen LogP contribution is 2.43. The molecule has 0 N–H and O–H groups in total. The zero-order chi connectivity index (χ0) is 20.5. The molecule has 0 saturated carbocycles. The van der Waals surface area contributed by atoms with E-state index in [2.05, 4.69) is 47.4 Å². The van der Waals surface area contributed by atoms with Crippen LogP contribution in [0.1, 0.15) is 33.9 Å². The molecule has 0 unspecified atom stereocenters. The van der Waals surface area contributed by atoms with Crippen molar-refractivity contribution in [1.29, 1.82) is 0 Å². The Morgan fingerprint density at radius 2 is 1.73 bits per heavy atom. The van der Waals surface area contributed by atoms with Crippen LogP contribution in [0.4, 0.5) is 0 Å². The molecule has 0 amide bonds. The summed E-state index contributed by atoms with van der Waals surface area (Å²) < 4.78 is 17.3. The maximum absolute atomic E-state index is 6.20. The zero-order valence-corrected chi connectivity index (χ0v) is 17.6. The van der Waals surface area contributed by atoms with Gasteiger partial charge >= 0.3 is 0 Å². The van der Waals surface area contributed by atoms with Gasteiger partial charge in [0.15, 0.2) is 11.5 Å². The largest absolute Gasteiger partial charge is 0.497 e. The van der Waals surface area contributed by atoms with Crippen LogP contribution in [0.25, 0.3) is 0 Å². The molecule has 3 aromatic rings. The molecule has 0 fully saturated rings. The highest BCUT2D eigenvalue weighted by molar-refractivity contribution is 5.51. The first kappa shape index (κ1) is 19.0. The van der Waals surface area contributed by atoms with Crippen molar-refractivity contribution in [3.05, 3.63) is 88.5 Å². The summed E-state index contributed by atoms with van der Waals surface area (Å²) in [7, 11) is 3.45. The molecule has 0 saturated heterocycles. The molecule has 0 spiro atoms. The predicted molar refractivity (Wildman–Crippen MR) is 117 cm³/mol. The van der Waals surface area contributed by atoms with Gasteiger partial charge in [-0.05, 0) is 64.9 Å². The molecule has 0 radical (unpaired) electrons. The van der Waals surface area contributed by atoms with E-state index >= 15 is 0 Å². The van der Waals surface area contributed by atoms with Crippen molar-refractivity contribution in [2.45, 2.75) is 32.0 Å². The van der Waals surface area contributed by atoms with Gasteiger partial charge in [-0.1, -0.05) is 36.4 Å². The van der Waals surface area contributed by atoms with Crippen molar-refractivity contribution in [3.63, 3.8) is 0 Å². The van der Waals surface area contributed by atoms with Crippen LogP contribution in [0.5, 0.6) is 17.2 Å². The molecule has 2 heterocycles. The Bertz CT molecular complexity index is 1050. The molecular formula is C26H27NO3. The highest BCUT2D eigenvalue weighted by Gasteiger charge is 2.33. The molecule has 2 aliphatic heterocycles. The second-order valence-corrected chi connectivity index (χ2v) is 8.05. The zero-order valence-electron chi connectivity index (χ0n) is 17.6. The van der Waals surface area contributed by atoms with Gasteiger partial charge in [-0.15, -0.1) is 0 Å². The third-order valence-corrected chi connectivity index (χ3v) is 6.33. The lowest BCUT2D eigenvalue weighted by molar-refractivity contribution is 0.160. The number of hydrogen-bond acceptors (Lipinski definition) is 4. The summed E-state index contributed by atoms with van der Waals surface area (Å²) in [5, 5.41) is 0. The van der Waals surface area contributed by atoms with Crippen molar-refractivity contribution in [2.75, 3.05) is 20.8 Å². The highest BCUT2D eigenvalue weighted by atomic mass is 16.5. The average molecular weight is 402 g/mol. The van der Waals surface area contributed by atoms with Gasteiger partial charge < -0.3 is 14.2 Å². The number of methoxy groups -OCH3 is 2. The van der Waals surface area contributed by atoms with Crippen LogP contribution < -0.4 is 14.2 Å². The first-order valence-electron chi connectivity index (χ1n) is 10.5. The molecule has 5 rings (SSSR count). The third kappa shape index (κ3) is 3.52. The minimum Gasteiger partial charge on any atom is -0.497 e. The summed E-state index contributed by atoms with van der Waals surface area (Å²) in [5.74, 6) is 2.56. The molecule has 4 nitrogen and oxygen atoms in total. The monoisotopic (exact) mass is 401 g/mol. The molecular weight excluding hydrogens is 374 g/mol. The first-order valence-corrected chi connectivity index (χ1v) is 10.5. The van der Waals surface area contributed by atoms with E-state index in [1.807, 2.05) is 18.2 Å². The number of nitrogens with zero attached hydrogens (tertiary/aromatic N) is 1. The van der Waals surface area contributed by atoms with Gasteiger partial charge in [0.2, 0.25) is 0 Å². The maximum Gasteiger partial charge on any atom is 0.162 e. The lowest BCUT2D eigenvalue weighted by Crippen LogP contribution is -2.39. The van der Waals surface area contributed by atoms with E-state index in [0.29, 0.717) is 12.6 Å². The van der Waals surface area contributed by atoms with Crippen LogP contribution in [0.15, 0.2) is 60.7 Å². The Morgan fingerprint density at radius 1 is 0.867 bits per heavy atom. The molecule has 2 aliphatic rings. The number of hydrogen-bond donors (Lipinski definition) is 0. The summed E-state index contributed by atoms with van der Waals surface area (Å²) in [4.78, 5) is 2.59. The van der Waals surface area contributed by atoms with Crippen LogP contribution in [0, 0.1) is 0 Å². The second-order valence-electron chi connectivity index (χ2n) is 8.05. The van der Waals surface area contributed by atoms with Gasteiger partial charge in [-0.25, -0.2) is 0 Å². The molecule has 3 aromatic carbocycles. The van der Waals surface area contributed by atoms with Gasteiger partial charge in [0.05, 0.1) is 14.2 Å². The van der Waals surface area contributed by atoms with E-state index in [4.69, 9.17) is 14.2 Å². The van der Waals surface area contributed by atoms with Gasteiger partial charge in [-0.2, -0.15) is 0 Å². The Balaban J connectivity index is 1.46. The van der Waals surface area contributed by atoms with Crippen LogP contribution in [0.2, 0.25) is 0 Å². The number of ether oxygens (including phenoxy) is 3. The smallest absolute Gasteiger partial charge is 0.162 e. The Morgan fingerprint density at radius 3 is 2.53 bits per heavy atom. The Kier molecular flexibility index (Phi) is 5.09. The lowest BCUT2D eigenvalue weighted by Gasteiger charge is -2.41. The number of rotatable bonds is 5. The second kappa shape index (κ2) is 8.04. The maximum atomic E-state index is 6.20. The Hall–Kier alpha value is -2.98. The van der Waals surface area contributed by atoms with E-state index in [-0.39, 0.29) is 0 Å². The van der Waals surface area contributed by atoms with Crippen LogP contribution >= 0.6 is 0 Å². The normalized spacial score (nSPS) is 17.5. The summed E-state index contributed by atoms with van der Waals surface area (Å²) in [5.41, 5.74) is 6.67. The third-order valence-electron chi connectivity index (χ3n) is 6.33. The van der Waals surface area contributed by atoms with Crippen molar-refractivity contribution in [1.82, 2.24) is 4.90 Å². The summed E-state index contributed by atoms with van der Waals surface area (Å²) in [6, 6.07) is 21.5. The molecule has 1 atom stereocenters. The van der Waals surface area contributed by atoms with E-state index in [1.165, 1.54) is 22.3 Å². The number of benzene rings is 3. The summed E-state index contributed by atoms with van der Waals surface area (Å²) >= 11 is 0. The van der Waals surface area contributed by atoms with Crippen molar-refractivity contribution in [3.8, 4) is 17.2 Å². The minimum atomic E-state index is 0.360. The van der Waals surface area contributed by atoms with Gasteiger partial charge in [0, 0.05) is 19.1 Å². The minimum absolute atomic E-state index is 0.360. The van der Waals surface area contributed by atoms with Gasteiger partial charge in [0.25, 0.3) is 0 Å². The van der Waals surface area contributed by atoms with Crippen molar-refractivity contribution in [2.24, 2.45) is 0 Å². The fraction of sp³-hybridized carbons (Fsp3) is 0.308. The predicted octanol–water partition coefficient (Wildman–Crippen LogP) is 4.94. The van der Waals surface area contributed by atoms with Crippen molar-refractivity contribution >= 4 is 0 Å². The van der Waals surface area contributed by atoms with Crippen LogP contribution in [-0.4, -0.2) is 25.7 Å². The molecule has 0 bridgehead atoms. The topological polar surface area (TPSA) is 30.9 Å². The Labute approximate surface area is 178 Å². The average Bonchev–Trinajstić information content (AvgIpc) is 2.81. The van der Waals surface area contributed by atoms with Crippen molar-refractivity contribution < 1.29 is 14.2 Å². The van der Waals surface area contributed by atoms with Gasteiger partial charge in [-0.3, -0.25) is 4.90 Å². The summed E-state index contributed by atoms with van der Waals surface area (Å²) in [6.07, 6.45) is 2.02. The molecule has 4 heteroatoms. The first-order chi connectivity index (χ1) is 14.7. The fourth-order valence-electron chi connectivity index (χ4n) is 4.70. The molecule has 30 heavy (non-hydrogen) atoms. The fourth-order valence-corrected chi connectivity index (χ4v) is 4.70. The van der Waals surface area contributed by atoms with Crippen LogP contribution in [-0.2, 0) is 26.0 Å². The van der Waals surface area contributed by atoms with E-state index in [9.17, 15) is 0 Å². The standard InChI is InChI=1S/C26H27NO3/c1-28-22-9-8-20-16-27-11-10-19-14-25(29-2)26(30-17-18-6-4-3-5-7-18)15-23(19)24(27)13-21(20)12-22/h3-9,12,14-15,24H,10-11,13,16-17H2,1-2H3/t24-/m0/s1.